The van der Waals surface area contributed by atoms with Crippen LogP contribution in [0.1, 0.15) is 21.8 Å². The summed E-state index contributed by atoms with van der Waals surface area (Å²) in [5, 5.41) is 6.03. The van der Waals surface area contributed by atoms with Gasteiger partial charge in [0.25, 0.3) is 5.91 Å². The molecule has 0 saturated heterocycles. The molecule has 2 aromatic heterocycles. The number of benzene rings is 2. The highest BCUT2D eigenvalue weighted by Gasteiger charge is 2.08. The van der Waals surface area contributed by atoms with Crippen LogP contribution in [0.5, 0.6) is 5.75 Å². The number of hydrogen-bond donors (Lipinski definition) is 2. The Hall–Kier alpha value is -4.06. The zero-order valence-electron chi connectivity index (χ0n) is 16.2. The van der Waals surface area contributed by atoms with Crippen molar-refractivity contribution < 1.29 is 13.9 Å². The Balaban J connectivity index is 1.28. The molecule has 4 rings (SSSR count). The molecule has 0 aliphatic heterocycles. The minimum absolute atomic E-state index is 0.273. The van der Waals surface area contributed by atoms with Crippen LogP contribution in [-0.4, -0.2) is 10.9 Å². The molecule has 4 aromatic rings. The quantitative estimate of drug-likeness (QED) is 0.430. The first-order valence-corrected chi connectivity index (χ1v) is 9.57. The van der Waals surface area contributed by atoms with E-state index in [0.717, 1.165) is 22.8 Å². The Labute approximate surface area is 174 Å². The minimum Gasteiger partial charge on any atom is -0.489 e. The molecule has 30 heavy (non-hydrogen) atoms. The molecular formula is C24H21N3O3. The van der Waals surface area contributed by atoms with Gasteiger partial charge in [0.05, 0.1) is 24.7 Å². The molecule has 0 aliphatic rings. The summed E-state index contributed by atoms with van der Waals surface area (Å²) in [5.41, 5.74) is 2.92. The van der Waals surface area contributed by atoms with Gasteiger partial charge in [0.15, 0.2) is 0 Å². The number of aromatic nitrogens is 1. The maximum absolute atomic E-state index is 12.4. The van der Waals surface area contributed by atoms with E-state index in [1.165, 1.54) is 0 Å². The standard InChI is InChI=1S/C24H21N3O3/c28-24(23-13-10-20(15-26-23)25-16-22-7-4-14-29-22)27-19-8-11-21(12-9-19)30-17-18-5-2-1-3-6-18/h1-15,25H,16-17H2,(H,27,28). The second kappa shape index (κ2) is 9.43. The van der Waals surface area contributed by atoms with Crippen LogP contribution in [0, 0.1) is 0 Å². The lowest BCUT2D eigenvalue weighted by molar-refractivity contribution is 0.102. The smallest absolute Gasteiger partial charge is 0.274 e. The first-order chi connectivity index (χ1) is 14.8. The van der Waals surface area contributed by atoms with Crippen LogP contribution in [0.4, 0.5) is 11.4 Å². The molecule has 2 heterocycles. The molecule has 2 N–H and O–H groups in total. The van der Waals surface area contributed by atoms with Gasteiger partial charge in [-0.3, -0.25) is 4.79 Å². The molecule has 0 fully saturated rings. The fourth-order valence-electron chi connectivity index (χ4n) is 2.81. The Morgan fingerprint density at radius 3 is 2.40 bits per heavy atom. The van der Waals surface area contributed by atoms with Gasteiger partial charge in [0.1, 0.15) is 23.8 Å². The van der Waals surface area contributed by atoms with Crippen molar-refractivity contribution in [3.05, 3.63) is 108 Å². The third-order valence-electron chi connectivity index (χ3n) is 4.40. The average molecular weight is 399 g/mol. The summed E-state index contributed by atoms with van der Waals surface area (Å²) in [6, 6.07) is 24.4. The van der Waals surface area contributed by atoms with Crippen molar-refractivity contribution in [1.29, 1.82) is 0 Å². The zero-order valence-corrected chi connectivity index (χ0v) is 16.2. The van der Waals surface area contributed by atoms with E-state index >= 15 is 0 Å². The van der Waals surface area contributed by atoms with Gasteiger partial charge in [-0.25, -0.2) is 4.98 Å². The Morgan fingerprint density at radius 1 is 0.900 bits per heavy atom. The molecular weight excluding hydrogens is 378 g/mol. The molecule has 0 saturated carbocycles. The van der Waals surface area contributed by atoms with Crippen LogP contribution in [0.25, 0.3) is 0 Å². The lowest BCUT2D eigenvalue weighted by atomic mass is 10.2. The third-order valence-corrected chi connectivity index (χ3v) is 4.40. The summed E-state index contributed by atoms with van der Waals surface area (Å²) < 4.78 is 11.0. The van der Waals surface area contributed by atoms with Gasteiger partial charge >= 0.3 is 0 Å². The molecule has 0 spiro atoms. The number of ether oxygens (including phenoxy) is 1. The molecule has 0 unspecified atom stereocenters. The van der Waals surface area contributed by atoms with Crippen LogP contribution >= 0.6 is 0 Å². The number of anilines is 2. The predicted molar refractivity (Wildman–Crippen MR) is 115 cm³/mol. The Bertz CT molecular complexity index is 1060. The largest absolute Gasteiger partial charge is 0.489 e. The van der Waals surface area contributed by atoms with Crippen LogP contribution in [0.15, 0.2) is 95.7 Å². The normalized spacial score (nSPS) is 10.4. The monoisotopic (exact) mass is 399 g/mol. The van der Waals surface area contributed by atoms with E-state index in [2.05, 4.69) is 15.6 Å². The second-order valence-electron chi connectivity index (χ2n) is 6.62. The molecule has 6 heteroatoms. The molecule has 6 nitrogen and oxygen atoms in total. The van der Waals surface area contributed by atoms with E-state index in [9.17, 15) is 4.79 Å². The first kappa shape index (κ1) is 19.3. The number of furan rings is 1. The second-order valence-corrected chi connectivity index (χ2v) is 6.62. The van der Waals surface area contributed by atoms with Crippen LogP contribution < -0.4 is 15.4 Å². The number of rotatable bonds is 8. The maximum atomic E-state index is 12.4. The summed E-state index contributed by atoms with van der Waals surface area (Å²) in [5.74, 6) is 1.29. The van der Waals surface area contributed by atoms with Gasteiger partial charge in [-0.2, -0.15) is 0 Å². The summed E-state index contributed by atoms with van der Waals surface area (Å²) in [7, 11) is 0. The van der Waals surface area contributed by atoms with E-state index in [0.29, 0.717) is 24.5 Å². The number of nitrogens with zero attached hydrogens (tertiary/aromatic N) is 1. The molecule has 2 aromatic carbocycles. The molecule has 0 aliphatic carbocycles. The number of pyridine rings is 1. The summed E-state index contributed by atoms with van der Waals surface area (Å²) in [4.78, 5) is 16.7. The van der Waals surface area contributed by atoms with Crippen molar-refractivity contribution in [2.45, 2.75) is 13.2 Å². The van der Waals surface area contributed by atoms with Crippen molar-refractivity contribution in [2.75, 3.05) is 10.6 Å². The summed E-state index contributed by atoms with van der Waals surface area (Å²) >= 11 is 0. The lowest BCUT2D eigenvalue weighted by Crippen LogP contribution is -2.13. The number of carbonyl (C=O) groups excluding carboxylic acids is 1. The van der Waals surface area contributed by atoms with Gasteiger partial charge in [-0.1, -0.05) is 30.3 Å². The van der Waals surface area contributed by atoms with Crippen molar-refractivity contribution in [3.8, 4) is 5.75 Å². The summed E-state index contributed by atoms with van der Waals surface area (Å²) in [6.45, 7) is 1.05. The zero-order chi connectivity index (χ0) is 20.6. The fourth-order valence-corrected chi connectivity index (χ4v) is 2.81. The highest BCUT2D eigenvalue weighted by Crippen LogP contribution is 2.18. The molecule has 0 atom stereocenters. The SMILES string of the molecule is O=C(Nc1ccc(OCc2ccccc2)cc1)c1ccc(NCc2ccco2)cn1. The topological polar surface area (TPSA) is 76.4 Å². The van der Waals surface area contributed by atoms with Crippen molar-refractivity contribution >= 4 is 17.3 Å². The van der Waals surface area contributed by atoms with Crippen LogP contribution in [-0.2, 0) is 13.2 Å². The van der Waals surface area contributed by atoms with E-state index in [1.807, 2.05) is 60.7 Å². The molecule has 150 valence electrons. The minimum atomic E-state index is -0.273. The first-order valence-electron chi connectivity index (χ1n) is 9.57. The summed E-state index contributed by atoms with van der Waals surface area (Å²) in [6.07, 6.45) is 3.25. The van der Waals surface area contributed by atoms with E-state index in [-0.39, 0.29) is 5.91 Å². The molecule has 0 radical (unpaired) electrons. The predicted octanol–water partition coefficient (Wildman–Crippen LogP) is 5.12. The van der Waals surface area contributed by atoms with Gasteiger partial charge in [0, 0.05) is 5.69 Å². The van der Waals surface area contributed by atoms with Gasteiger partial charge in [-0.05, 0) is 54.1 Å². The number of amides is 1. The number of hydrogen-bond acceptors (Lipinski definition) is 5. The third kappa shape index (κ3) is 5.26. The van der Waals surface area contributed by atoms with Crippen LogP contribution in [0.3, 0.4) is 0 Å². The average Bonchev–Trinajstić information content (AvgIpc) is 3.32. The van der Waals surface area contributed by atoms with Gasteiger partial charge in [-0.15, -0.1) is 0 Å². The van der Waals surface area contributed by atoms with Gasteiger partial charge in [0.2, 0.25) is 0 Å². The molecule has 1 amide bonds. The maximum Gasteiger partial charge on any atom is 0.274 e. The molecule has 0 bridgehead atoms. The van der Waals surface area contributed by atoms with E-state index in [1.54, 1.807) is 30.7 Å². The highest BCUT2D eigenvalue weighted by molar-refractivity contribution is 6.02. The Morgan fingerprint density at radius 2 is 1.70 bits per heavy atom. The van der Waals surface area contributed by atoms with Gasteiger partial charge < -0.3 is 19.8 Å². The van der Waals surface area contributed by atoms with Crippen molar-refractivity contribution in [2.24, 2.45) is 0 Å². The Kier molecular flexibility index (Phi) is 6.05. The number of carbonyl (C=O) groups is 1. The number of nitrogens with one attached hydrogen (secondary N) is 2. The van der Waals surface area contributed by atoms with Crippen LogP contribution in [0.2, 0.25) is 0 Å². The van der Waals surface area contributed by atoms with E-state index in [4.69, 9.17) is 9.15 Å². The van der Waals surface area contributed by atoms with E-state index < -0.39 is 0 Å². The fraction of sp³-hybridized carbons (Fsp3) is 0.0833. The highest BCUT2D eigenvalue weighted by atomic mass is 16.5. The van der Waals surface area contributed by atoms with Crippen molar-refractivity contribution in [1.82, 2.24) is 4.98 Å². The van der Waals surface area contributed by atoms with Crippen molar-refractivity contribution in [3.63, 3.8) is 0 Å². The lowest BCUT2D eigenvalue weighted by Gasteiger charge is -2.09.